The zero-order chi connectivity index (χ0) is 14.8. The normalized spacial score (nSPS) is 22.8. The predicted molar refractivity (Wildman–Crippen MR) is 74.5 cm³/mol. The van der Waals surface area contributed by atoms with Gasteiger partial charge >= 0.3 is 7.60 Å². The van der Waals surface area contributed by atoms with Crippen molar-refractivity contribution in [1.82, 2.24) is 0 Å². The summed E-state index contributed by atoms with van der Waals surface area (Å²) in [6, 6.07) is 9.03. The molecule has 0 amide bonds. The molecular weight excluding hydrogens is 279 g/mol. The molecule has 0 fully saturated rings. The lowest BCUT2D eigenvalue weighted by Gasteiger charge is -2.35. The van der Waals surface area contributed by atoms with Gasteiger partial charge in [-0.2, -0.15) is 0 Å². The van der Waals surface area contributed by atoms with Gasteiger partial charge in [0.25, 0.3) is 0 Å². The molecule has 6 heteroatoms. The van der Waals surface area contributed by atoms with Crippen LogP contribution in [0, 0.1) is 0 Å². The minimum atomic E-state index is -3.61. The molecule has 5 nitrogen and oxygen atoms in total. The Morgan fingerprint density at radius 1 is 1.10 bits per heavy atom. The molecule has 0 saturated heterocycles. The van der Waals surface area contributed by atoms with Crippen molar-refractivity contribution in [3.63, 3.8) is 0 Å². The molecule has 1 aromatic rings. The van der Waals surface area contributed by atoms with E-state index in [9.17, 15) is 9.36 Å². The van der Waals surface area contributed by atoms with Crippen molar-refractivity contribution in [2.75, 3.05) is 21.3 Å². The Kier molecular flexibility index (Phi) is 4.14. The maximum absolute atomic E-state index is 13.1. The minimum Gasteiger partial charge on any atom is -0.499 e. The molecule has 1 unspecified atom stereocenters. The summed E-state index contributed by atoms with van der Waals surface area (Å²) in [4.78, 5) is 11.9. The van der Waals surface area contributed by atoms with Gasteiger partial charge in [0.15, 0.2) is 10.9 Å². The Morgan fingerprint density at radius 3 is 2.20 bits per heavy atom. The van der Waals surface area contributed by atoms with E-state index in [0.29, 0.717) is 11.3 Å². The zero-order valence-corrected chi connectivity index (χ0v) is 12.6. The topological polar surface area (TPSA) is 61.8 Å². The molecule has 20 heavy (non-hydrogen) atoms. The van der Waals surface area contributed by atoms with Crippen molar-refractivity contribution in [3.8, 4) is 0 Å². The van der Waals surface area contributed by atoms with Gasteiger partial charge in [-0.05, 0) is 5.56 Å². The van der Waals surface area contributed by atoms with Crippen molar-refractivity contribution in [1.29, 1.82) is 0 Å². The van der Waals surface area contributed by atoms with Crippen LogP contribution < -0.4 is 0 Å². The van der Waals surface area contributed by atoms with Crippen LogP contribution in [0.2, 0.25) is 0 Å². The second-order valence-corrected chi connectivity index (χ2v) is 6.93. The zero-order valence-electron chi connectivity index (χ0n) is 11.7. The van der Waals surface area contributed by atoms with Crippen molar-refractivity contribution in [3.05, 3.63) is 47.7 Å². The second kappa shape index (κ2) is 5.52. The molecule has 0 saturated carbocycles. The molecule has 0 spiro atoms. The van der Waals surface area contributed by atoms with Gasteiger partial charge in [-0.25, -0.2) is 0 Å². The highest BCUT2D eigenvalue weighted by Gasteiger charge is 2.59. The molecule has 1 aliphatic rings. The molecule has 0 aliphatic heterocycles. The first-order valence-electron chi connectivity index (χ1n) is 6.10. The summed E-state index contributed by atoms with van der Waals surface area (Å²) >= 11 is 0. The quantitative estimate of drug-likeness (QED) is 0.782. The van der Waals surface area contributed by atoms with Gasteiger partial charge in [-0.1, -0.05) is 30.3 Å². The van der Waals surface area contributed by atoms with Crippen LogP contribution in [0.3, 0.4) is 0 Å². The second-order valence-electron chi connectivity index (χ2n) is 4.44. The van der Waals surface area contributed by atoms with E-state index in [1.807, 2.05) is 18.2 Å². The molecule has 0 radical (unpaired) electrons. The van der Waals surface area contributed by atoms with E-state index in [1.54, 1.807) is 12.1 Å². The van der Waals surface area contributed by atoms with Gasteiger partial charge in [0.2, 0.25) is 0 Å². The number of rotatable bonds is 5. The number of hydrogen-bond acceptors (Lipinski definition) is 5. The monoisotopic (exact) mass is 296 g/mol. The summed E-state index contributed by atoms with van der Waals surface area (Å²) in [5.41, 5.74) is 0.672. The van der Waals surface area contributed by atoms with Crippen molar-refractivity contribution in [2.45, 2.75) is 11.6 Å². The smallest absolute Gasteiger partial charge is 0.348 e. The van der Waals surface area contributed by atoms with E-state index in [4.69, 9.17) is 13.8 Å². The highest BCUT2D eigenvalue weighted by Crippen LogP contribution is 2.70. The number of carbonyl (C=O) groups is 1. The van der Waals surface area contributed by atoms with Crippen LogP contribution in [-0.4, -0.2) is 27.1 Å². The minimum absolute atomic E-state index is 0.000849. The lowest BCUT2D eigenvalue weighted by atomic mass is 9.96. The van der Waals surface area contributed by atoms with Crippen molar-refractivity contribution >= 4 is 13.4 Å². The summed E-state index contributed by atoms with van der Waals surface area (Å²) in [5, 5.41) is -1.22. The Balaban J connectivity index is 2.72. The van der Waals surface area contributed by atoms with Crippen LogP contribution in [-0.2, 0) is 28.3 Å². The molecule has 1 aliphatic carbocycles. The Morgan fingerprint density at radius 2 is 1.70 bits per heavy atom. The lowest BCUT2D eigenvalue weighted by Crippen LogP contribution is -2.29. The first-order chi connectivity index (χ1) is 9.54. The molecule has 1 aromatic carbocycles. The Labute approximate surface area is 118 Å². The summed E-state index contributed by atoms with van der Waals surface area (Å²) in [7, 11) is 0.458. The lowest BCUT2D eigenvalue weighted by molar-refractivity contribution is -0.114. The van der Waals surface area contributed by atoms with Gasteiger partial charge < -0.3 is 13.8 Å². The first kappa shape index (κ1) is 15.0. The number of ether oxygens (including phenoxy) is 1. The molecule has 0 aromatic heterocycles. The van der Waals surface area contributed by atoms with Crippen LogP contribution in [0.5, 0.6) is 0 Å². The van der Waals surface area contributed by atoms with Crippen LogP contribution >= 0.6 is 7.60 Å². The van der Waals surface area contributed by atoms with E-state index in [-0.39, 0.29) is 12.2 Å². The van der Waals surface area contributed by atoms with Gasteiger partial charge in [-0.3, -0.25) is 9.36 Å². The highest BCUT2D eigenvalue weighted by atomic mass is 31.2. The van der Waals surface area contributed by atoms with Crippen LogP contribution in [0.4, 0.5) is 0 Å². The average Bonchev–Trinajstić information content (AvgIpc) is 2.85. The number of methoxy groups -OCH3 is 1. The summed E-state index contributed by atoms with van der Waals surface area (Å²) < 4.78 is 28.7. The average molecular weight is 296 g/mol. The van der Waals surface area contributed by atoms with E-state index in [0.717, 1.165) is 0 Å². The van der Waals surface area contributed by atoms with E-state index >= 15 is 0 Å². The number of ketones is 1. The van der Waals surface area contributed by atoms with Gasteiger partial charge in [-0.15, -0.1) is 0 Å². The largest absolute Gasteiger partial charge is 0.499 e. The third-order valence-electron chi connectivity index (χ3n) is 3.55. The summed E-state index contributed by atoms with van der Waals surface area (Å²) in [6.45, 7) is 0. The first-order valence-corrected chi connectivity index (χ1v) is 7.64. The maximum Gasteiger partial charge on any atom is 0.348 e. The fourth-order valence-electron chi connectivity index (χ4n) is 2.62. The highest BCUT2D eigenvalue weighted by molar-refractivity contribution is 7.55. The van der Waals surface area contributed by atoms with Gasteiger partial charge in [0, 0.05) is 26.7 Å². The van der Waals surface area contributed by atoms with E-state index in [1.165, 1.54) is 27.4 Å². The molecular formula is C14H17O5P. The van der Waals surface area contributed by atoms with Gasteiger partial charge in [0.1, 0.15) is 5.76 Å². The van der Waals surface area contributed by atoms with Crippen LogP contribution in [0.1, 0.15) is 12.0 Å². The number of hydrogen-bond donors (Lipinski definition) is 0. The summed E-state index contributed by atoms with van der Waals surface area (Å²) in [6.07, 6.45) is 1.36. The van der Waals surface area contributed by atoms with Gasteiger partial charge in [0.05, 0.1) is 7.11 Å². The predicted octanol–water partition coefficient (Wildman–Crippen LogP) is 2.87. The van der Waals surface area contributed by atoms with Crippen molar-refractivity contribution in [2.24, 2.45) is 0 Å². The number of allylic oxidation sites excluding steroid dienone is 2. The molecule has 0 heterocycles. The van der Waals surface area contributed by atoms with Crippen molar-refractivity contribution < 1.29 is 23.1 Å². The molecule has 2 rings (SSSR count). The molecule has 108 valence electrons. The standard InChI is InChI=1S/C14H17O5P/c1-17-13-9-12(15)10-14(13,20(16,18-2)19-3)11-7-5-4-6-8-11/h4-9H,10H2,1-3H3. The van der Waals surface area contributed by atoms with Crippen LogP contribution in [0.25, 0.3) is 0 Å². The fourth-order valence-corrected chi connectivity index (χ4v) is 4.63. The third kappa shape index (κ3) is 2.03. The van der Waals surface area contributed by atoms with E-state index < -0.39 is 12.8 Å². The molecule has 0 N–H and O–H groups in total. The summed E-state index contributed by atoms with van der Waals surface area (Å²) in [5.74, 6) is 0.140. The fraction of sp³-hybridized carbons (Fsp3) is 0.357. The number of benzene rings is 1. The Bertz CT molecular complexity index is 572. The maximum atomic E-state index is 13.1. The SMILES string of the molecule is COC1=CC(=O)CC1(c1ccccc1)P(=O)(OC)OC. The molecule has 1 atom stereocenters. The van der Waals surface area contributed by atoms with Crippen LogP contribution in [0.15, 0.2) is 42.2 Å². The van der Waals surface area contributed by atoms with E-state index in [2.05, 4.69) is 0 Å². The number of carbonyl (C=O) groups excluding carboxylic acids is 1. The molecule has 0 bridgehead atoms. The third-order valence-corrected chi connectivity index (χ3v) is 6.08. The Hall–Kier alpha value is -1.42.